The molecule has 2 unspecified atom stereocenters. The number of benzene rings is 1. The highest BCUT2D eigenvalue weighted by molar-refractivity contribution is 5.38. The molecule has 2 fully saturated rings. The minimum atomic E-state index is -4.69. The summed E-state index contributed by atoms with van der Waals surface area (Å²) in [5.41, 5.74) is -0.795. The molecule has 1 aromatic carbocycles. The van der Waals surface area contributed by atoms with Gasteiger partial charge >= 0.3 is 6.18 Å². The van der Waals surface area contributed by atoms with E-state index in [1.807, 2.05) is 6.92 Å². The summed E-state index contributed by atoms with van der Waals surface area (Å²) in [6.45, 7) is 5.16. The third-order valence-electron chi connectivity index (χ3n) is 6.46. The zero-order valence-corrected chi connectivity index (χ0v) is 17.4. The smallest absolute Gasteiger partial charge is 0.376 e. The van der Waals surface area contributed by atoms with Crippen LogP contribution in [-0.2, 0) is 22.1 Å². The average molecular weight is 416 g/mol. The Bertz CT molecular complexity index is 658. The fraction of sp³-hybridized carbons (Fsp3) is 0.739. The summed E-state index contributed by atoms with van der Waals surface area (Å²) in [6.07, 6.45) is 0.892. The van der Waals surface area contributed by atoms with Gasteiger partial charge in [-0.05, 0) is 68.4 Å². The van der Waals surface area contributed by atoms with Gasteiger partial charge in [-0.3, -0.25) is 0 Å². The van der Waals surface area contributed by atoms with E-state index in [0.717, 1.165) is 38.5 Å². The van der Waals surface area contributed by atoms with E-state index in [-0.39, 0.29) is 35.7 Å². The van der Waals surface area contributed by atoms with Crippen molar-refractivity contribution in [3.8, 4) is 0 Å². The highest BCUT2D eigenvalue weighted by Crippen LogP contribution is 2.42. The van der Waals surface area contributed by atoms with Gasteiger partial charge in [-0.1, -0.05) is 31.9 Å². The maximum atomic E-state index is 15.0. The molecule has 0 N–H and O–H groups in total. The van der Waals surface area contributed by atoms with Crippen molar-refractivity contribution in [2.24, 2.45) is 5.92 Å². The van der Waals surface area contributed by atoms with Gasteiger partial charge in [-0.2, -0.15) is 13.2 Å². The van der Waals surface area contributed by atoms with Crippen molar-refractivity contribution >= 4 is 0 Å². The quantitative estimate of drug-likeness (QED) is 0.483. The lowest BCUT2D eigenvalue weighted by atomic mass is 9.78. The van der Waals surface area contributed by atoms with Gasteiger partial charge in [0.05, 0.1) is 24.4 Å². The standard InChI is InChI=1S/C23H32F4O2/c1-3-28-19-12-11-18(29-14-19)10-8-17-9-13-20(16-6-4-15(2)5-7-16)22(24)21(17)23(25,26)27/h9,13,15-16,18-19H,3-8,10-12,14H2,1-2H3. The molecule has 1 saturated carbocycles. The van der Waals surface area contributed by atoms with E-state index in [2.05, 4.69) is 6.92 Å². The Labute approximate surface area is 171 Å². The van der Waals surface area contributed by atoms with Crippen molar-refractivity contribution in [1.29, 1.82) is 0 Å². The number of hydrogen-bond acceptors (Lipinski definition) is 2. The van der Waals surface area contributed by atoms with E-state index in [9.17, 15) is 13.2 Å². The normalized spacial score (nSPS) is 28.5. The molecule has 0 aromatic heterocycles. The number of alkyl halides is 3. The number of rotatable bonds is 6. The van der Waals surface area contributed by atoms with E-state index >= 15 is 4.39 Å². The first kappa shape index (κ1) is 22.5. The molecule has 6 heteroatoms. The first-order valence-corrected chi connectivity index (χ1v) is 10.9. The summed E-state index contributed by atoms with van der Waals surface area (Å²) in [5, 5.41) is 0. The highest BCUT2D eigenvalue weighted by Gasteiger charge is 2.39. The van der Waals surface area contributed by atoms with Gasteiger partial charge in [0.1, 0.15) is 5.82 Å². The van der Waals surface area contributed by atoms with E-state index in [1.54, 1.807) is 6.07 Å². The topological polar surface area (TPSA) is 18.5 Å². The molecule has 164 valence electrons. The minimum Gasteiger partial charge on any atom is -0.376 e. The Morgan fingerprint density at radius 2 is 1.79 bits per heavy atom. The Balaban J connectivity index is 1.71. The van der Waals surface area contributed by atoms with Crippen LogP contribution in [0, 0.1) is 11.7 Å². The van der Waals surface area contributed by atoms with E-state index in [4.69, 9.17) is 9.47 Å². The molecule has 1 aromatic rings. The molecule has 2 aliphatic rings. The summed E-state index contributed by atoms with van der Waals surface area (Å²) < 4.78 is 67.5. The van der Waals surface area contributed by atoms with Crippen LogP contribution in [-0.4, -0.2) is 25.4 Å². The maximum Gasteiger partial charge on any atom is 0.419 e. The van der Waals surface area contributed by atoms with Crippen molar-refractivity contribution in [3.05, 3.63) is 34.6 Å². The predicted molar refractivity (Wildman–Crippen MR) is 104 cm³/mol. The highest BCUT2D eigenvalue weighted by atomic mass is 19.4. The molecule has 0 radical (unpaired) electrons. The molecule has 0 bridgehead atoms. The molecule has 1 aliphatic carbocycles. The lowest BCUT2D eigenvalue weighted by Gasteiger charge is -2.30. The van der Waals surface area contributed by atoms with Gasteiger partial charge in [0.15, 0.2) is 0 Å². The molecule has 3 rings (SSSR count). The van der Waals surface area contributed by atoms with Gasteiger partial charge in [-0.15, -0.1) is 0 Å². The first-order chi connectivity index (χ1) is 13.8. The summed E-state index contributed by atoms with van der Waals surface area (Å²) >= 11 is 0. The van der Waals surface area contributed by atoms with Crippen molar-refractivity contribution in [3.63, 3.8) is 0 Å². The molecule has 0 spiro atoms. The number of hydrogen-bond donors (Lipinski definition) is 0. The first-order valence-electron chi connectivity index (χ1n) is 10.9. The fourth-order valence-electron chi connectivity index (χ4n) is 4.73. The molecule has 1 heterocycles. The Morgan fingerprint density at radius 1 is 1.07 bits per heavy atom. The number of halogens is 4. The van der Waals surface area contributed by atoms with Gasteiger partial charge in [0.25, 0.3) is 0 Å². The molecule has 29 heavy (non-hydrogen) atoms. The lowest BCUT2D eigenvalue weighted by molar-refractivity contribution is -0.140. The van der Waals surface area contributed by atoms with Crippen LogP contribution >= 0.6 is 0 Å². The Kier molecular flexibility index (Phi) is 7.60. The molecule has 2 nitrogen and oxygen atoms in total. The van der Waals surface area contributed by atoms with Crippen molar-refractivity contribution in [1.82, 2.24) is 0 Å². The van der Waals surface area contributed by atoms with E-state index < -0.39 is 17.6 Å². The van der Waals surface area contributed by atoms with Crippen LogP contribution in [0.2, 0.25) is 0 Å². The molecule has 1 saturated heterocycles. The molecular formula is C23H32F4O2. The summed E-state index contributed by atoms with van der Waals surface area (Å²) in [5.74, 6) is -0.609. The van der Waals surface area contributed by atoms with Gasteiger partial charge in [0.2, 0.25) is 0 Å². The van der Waals surface area contributed by atoms with E-state index in [1.165, 1.54) is 6.07 Å². The number of aryl methyl sites for hydroxylation is 1. The third kappa shape index (κ3) is 5.72. The van der Waals surface area contributed by atoms with Crippen molar-refractivity contribution in [2.75, 3.05) is 13.2 Å². The van der Waals surface area contributed by atoms with E-state index in [0.29, 0.717) is 25.6 Å². The van der Waals surface area contributed by atoms with Crippen LogP contribution < -0.4 is 0 Å². The monoisotopic (exact) mass is 416 g/mol. The molecular weight excluding hydrogens is 384 g/mol. The second-order valence-electron chi connectivity index (χ2n) is 8.61. The van der Waals surface area contributed by atoms with Crippen molar-refractivity contribution in [2.45, 2.75) is 89.5 Å². The second-order valence-corrected chi connectivity index (χ2v) is 8.61. The molecule has 0 amide bonds. The van der Waals surface area contributed by atoms with Crippen LogP contribution in [0.1, 0.15) is 81.4 Å². The van der Waals surface area contributed by atoms with Crippen molar-refractivity contribution < 1.29 is 27.0 Å². The lowest BCUT2D eigenvalue weighted by Crippen LogP contribution is -2.31. The van der Waals surface area contributed by atoms with Crippen LogP contribution in [0.4, 0.5) is 17.6 Å². The third-order valence-corrected chi connectivity index (χ3v) is 6.46. The largest absolute Gasteiger partial charge is 0.419 e. The van der Waals surface area contributed by atoms with Gasteiger partial charge in [-0.25, -0.2) is 4.39 Å². The van der Waals surface area contributed by atoms with Crippen LogP contribution in [0.15, 0.2) is 12.1 Å². The summed E-state index contributed by atoms with van der Waals surface area (Å²) in [7, 11) is 0. The molecule has 2 atom stereocenters. The predicted octanol–water partition coefficient (Wildman–Crippen LogP) is 6.65. The SMILES string of the molecule is CCOC1CCC(CCc2ccc(C3CCC(C)CC3)c(F)c2C(F)(F)F)OC1. The van der Waals surface area contributed by atoms with Crippen LogP contribution in [0.3, 0.4) is 0 Å². The zero-order valence-electron chi connectivity index (χ0n) is 17.4. The zero-order chi connectivity index (χ0) is 21.0. The second kappa shape index (κ2) is 9.78. The van der Waals surface area contributed by atoms with Gasteiger partial charge < -0.3 is 9.47 Å². The Hall–Kier alpha value is -1.14. The van der Waals surface area contributed by atoms with Crippen LogP contribution in [0.5, 0.6) is 0 Å². The minimum absolute atomic E-state index is 0.0402. The number of ether oxygens (including phenoxy) is 2. The Morgan fingerprint density at radius 3 is 2.38 bits per heavy atom. The average Bonchev–Trinajstić information content (AvgIpc) is 2.67. The summed E-state index contributed by atoms with van der Waals surface area (Å²) in [4.78, 5) is 0. The van der Waals surface area contributed by atoms with Gasteiger partial charge in [0, 0.05) is 6.61 Å². The van der Waals surface area contributed by atoms with Crippen LogP contribution in [0.25, 0.3) is 0 Å². The fourth-order valence-corrected chi connectivity index (χ4v) is 4.73. The maximum absolute atomic E-state index is 15.0. The summed E-state index contributed by atoms with van der Waals surface area (Å²) in [6, 6.07) is 3.08. The molecule has 1 aliphatic heterocycles.